The van der Waals surface area contributed by atoms with E-state index in [2.05, 4.69) is 5.10 Å². The lowest BCUT2D eigenvalue weighted by molar-refractivity contribution is 0.0717. The molecule has 1 unspecified atom stereocenters. The molecule has 0 saturated heterocycles. The van der Waals surface area contributed by atoms with Gasteiger partial charge in [0.15, 0.2) is 0 Å². The first-order valence-electron chi connectivity index (χ1n) is 5.11. The fourth-order valence-corrected chi connectivity index (χ4v) is 1.24. The standard InChI is InChI=1S/C10H19N3O2/c1-9(15-5-3-11)10-7-12-13(8-10)4-6-14-2/h7-9H,3-6,11H2,1-2H3. The van der Waals surface area contributed by atoms with Crippen molar-refractivity contribution in [2.45, 2.75) is 19.6 Å². The summed E-state index contributed by atoms with van der Waals surface area (Å²) in [4.78, 5) is 0. The normalized spacial score (nSPS) is 13.0. The summed E-state index contributed by atoms with van der Waals surface area (Å²) in [6.45, 7) is 4.54. The van der Waals surface area contributed by atoms with Crippen molar-refractivity contribution in [2.24, 2.45) is 5.73 Å². The highest BCUT2D eigenvalue weighted by Gasteiger charge is 2.07. The van der Waals surface area contributed by atoms with Gasteiger partial charge in [-0.3, -0.25) is 4.68 Å². The number of aromatic nitrogens is 2. The van der Waals surface area contributed by atoms with E-state index in [9.17, 15) is 0 Å². The van der Waals surface area contributed by atoms with Crippen LogP contribution in [0, 0.1) is 0 Å². The van der Waals surface area contributed by atoms with Gasteiger partial charge in [0.1, 0.15) is 0 Å². The summed E-state index contributed by atoms with van der Waals surface area (Å²) in [6.07, 6.45) is 3.83. The Balaban J connectivity index is 2.43. The average molecular weight is 213 g/mol. The zero-order valence-corrected chi connectivity index (χ0v) is 9.35. The van der Waals surface area contributed by atoms with E-state index in [1.54, 1.807) is 7.11 Å². The maximum atomic E-state index is 5.49. The highest BCUT2D eigenvalue weighted by atomic mass is 16.5. The van der Waals surface area contributed by atoms with Gasteiger partial charge < -0.3 is 15.2 Å². The van der Waals surface area contributed by atoms with Crippen molar-refractivity contribution in [3.05, 3.63) is 18.0 Å². The highest BCUT2D eigenvalue weighted by molar-refractivity contribution is 5.07. The van der Waals surface area contributed by atoms with Crippen LogP contribution < -0.4 is 5.73 Å². The van der Waals surface area contributed by atoms with Gasteiger partial charge >= 0.3 is 0 Å². The first-order chi connectivity index (χ1) is 7.27. The van der Waals surface area contributed by atoms with Crippen molar-refractivity contribution in [1.29, 1.82) is 0 Å². The van der Waals surface area contributed by atoms with Crippen LogP contribution in [0.5, 0.6) is 0 Å². The molecule has 1 atom stereocenters. The molecule has 1 rings (SSSR count). The van der Waals surface area contributed by atoms with Gasteiger partial charge in [-0.15, -0.1) is 0 Å². The van der Waals surface area contributed by atoms with Crippen LogP contribution >= 0.6 is 0 Å². The number of ether oxygens (including phenoxy) is 2. The molecule has 1 aromatic heterocycles. The molecule has 0 aliphatic carbocycles. The molecular weight excluding hydrogens is 194 g/mol. The first-order valence-corrected chi connectivity index (χ1v) is 5.11. The summed E-state index contributed by atoms with van der Waals surface area (Å²) in [5, 5.41) is 4.21. The third-order valence-corrected chi connectivity index (χ3v) is 2.13. The minimum absolute atomic E-state index is 0.0462. The van der Waals surface area contributed by atoms with Gasteiger partial charge in [-0.05, 0) is 6.92 Å². The molecule has 0 radical (unpaired) electrons. The molecule has 15 heavy (non-hydrogen) atoms. The number of hydrogen-bond acceptors (Lipinski definition) is 4. The number of nitrogens with zero attached hydrogens (tertiary/aromatic N) is 2. The molecule has 5 heteroatoms. The van der Waals surface area contributed by atoms with Crippen LogP contribution in [0.3, 0.4) is 0 Å². The molecule has 0 aliphatic heterocycles. The maximum Gasteiger partial charge on any atom is 0.0827 e. The van der Waals surface area contributed by atoms with Crippen LogP contribution in [0.15, 0.2) is 12.4 Å². The summed E-state index contributed by atoms with van der Waals surface area (Å²) >= 11 is 0. The van der Waals surface area contributed by atoms with E-state index in [1.807, 2.05) is 24.0 Å². The fraction of sp³-hybridized carbons (Fsp3) is 0.700. The Kier molecular flexibility index (Phi) is 5.31. The Bertz CT molecular complexity index is 275. The van der Waals surface area contributed by atoms with E-state index in [0.717, 1.165) is 12.1 Å². The van der Waals surface area contributed by atoms with Gasteiger partial charge in [0.25, 0.3) is 0 Å². The Morgan fingerprint density at radius 1 is 1.53 bits per heavy atom. The van der Waals surface area contributed by atoms with Crippen molar-refractivity contribution in [3.63, 3.8) is 0 Å². The molecule has 86 valence electrons. The van der Waals surface area contributed by atoms with Crippen LogP contribution in [0.2, 0.25) is 0 Å². The van der Waals surface area contributed by atoms with Crippen molar-refractivity contribution >= 4 is 0 Å². The van der Waals surface area contributed by atoms with Crippen molar-refractivity contribution in [1.82, 2.24) is 9.78 Å². The van der Waals surface area contributed by atoms with E-state index in [-0.39, 0.29) is 6.10 Å². The Morgan fingerprint density at radius 3 is 3.00 bits per heavy atom. The predicted octanol–water partition coefficient (Wildman–Crippen LogP) is 0.566. The first kappa shape index (κ1) is 12.2. The Hall–Kier alpha value is -0.910. The van der Waals surface area contributed by atoms with Crippen molar-refractivity contribution in [2.75, 3.05) is 26.9 Å². The van der Waals surface area contributed by atoms with Gasteiger partial charge in [0.2, 0.25) is 0 Å². The van der Waals surface area contributed by atoms with Crippen molar-refractivity contribution in [3.8, 4) is 0 Å². The van der Waals surface area contributed by atoms with Gasteiger partial charge in [-0.25, -0.2) is 0 Å². The second-order valence-electron chi connectivity index (χ2n) is 3.33. The predicted molar refractivity (Wildman–Crippen MR) is 57.5 cm³/mol. The molecule has 5 nitrogen and oxygen atoms in total. The second kappa shape index (κ2) is 6.55. The van der Waals surface area contributed by atoms with E-state index < -0.39 is 0 Å². The molecule has 2 N–H and O–H groups in total. The second-order valence-corrected chi connectivity index (χ2v) is 3.33. The summed E-state index contributed by atoms with van der Waals surface area (Å²) in [5.41, 5.74) is 6.43. The number of rotatable bonds is 7. The van der Waals surface area contributed by atoms with Crippen LogP contribution in [0.25, 0.3) is 0 Å². The lowest BCUT2D eigenvalue weighted by Gasteiger charge is -2.09. The summed E-state index contributed by atoms with van der Waals surface area (Å²) in [6, 6.07) is 0. The summed E-state index contributed by atoms with van der Waals surface area (Å²) < 4.78 is 12.3. The molecule has 1 aromatic rings. The van der Waals surface area contributed by atoms with Crippen LogP contribution in [-0.4, -0.2) is 36.6 Å². The minimum atomic E-state index is 0.0462. The van der Waals surface area contributed by atoms with Gasteiger partial charge in [-0.2, -0.15) is 5.10 Å². The van der Waals surface area contributed by atoms with Gasteiger partial charge in [0.05, 0.1) is 32.1 Å². The van der Waals surface area contributed by atoms with E-state index in [4.69, 9.17) is 15.2 Å². The molecule has 0 amide bonds. The molecule has 0 saturated carbocycles. The molecule has 0 aliphatic rings. The lowest BCUT2D eigenvalue weighted by Crippen LogP contribution is -2.10. The highest BCUT2D eigenvalue weighted by Crippen LogP contribution is 2.14. The molecule has 0 aromatic carbocycles. The number of hydrogen-bond donors (Lipinski definition) is 1. The van der Waals surface area contributed by atoms with E-state index in [0.29, 0.717) is 19.8 Å². The number of nitrogens with two attached hydrogens (primary N) is 1. The van der Waals surface area contributed by atoms with E-state index >= 15 is 0 Å². The Labute approximate surface area is 90.2 Å². The molecular formula is C10H19N3O2. The van der Waals surface area contributed by atoms with Crippen molar-refractivity contribution < 1.29 is 9.47 Å². The zero-order chi connectivity index (χ0) is 11.1. The zero-order valence-electron chi connectivity index (χ0n) is 9.35. The SMILES string of the molecule is COCCn1cc(C(C)OCCN)cn1. The topological polar surface area (TPSA) is 62.3 Å². The van der Waals surface area contributed by atoms with Crippen LogP contribution in [0.1, 0.15) is 18.6 Å². The lowest BCUT2D eigenvalue weighted by atomic mass is 10.2. The van der Waals surface area contributed by atoms with E-state index in [1.165, 1.54) is 0 Å². The summed E-state index contributed by atoms with van der Waals surface area (Å²) in [7, 11) is 1.68. The maximum absolute atomic E-state index is 5.49. The summed E-state index contributed by atoms with van der Waals surface area (Å²) in [5.74, 6) is 0. The largest absolute Gasteiger partial charge is 0.383 e. The van der Waals surface area contributed by atoms with Gasteiger partial charge in [0, 0.05) is 25.4 Å². The Morgan fingerprint density at radius 2 is 2.33 bits per heavy atom. The molecule has 0 fully saturated rings. The molecule has 0 bridgehead atoms. The number of methoxy groups -OCH3 is 1. The smallest absolute Gasteiger partial charge is 0.0827 e. The minimum Gasteiger partial charge on any atom is -0.383 e. The third kappa shape index (κ3) is 3.99. The molecule has 1 heterocycles. The average Bonchev–Trinajstić information content (AvgIpc) is 2.71. The van der Waals surface area contributed by atoms with Crippen LogP contribution in [0.4, 0.5) is 0 Å². The third-order valence-electron chi connectivity index (χ3n) is 2.13. The quantitative estimate of drug-likeness (QED) is 0.719. The monoisotopic (exact) mass is 213 g/mol. The van der Waals surface area contributed by atoms with Gasteiger partial charge in [-0.1, -0.05) is 0 Å². The molecule has 0 spiro atoms. The van der Waals surface area contributed by atoms with Crippen LogP contribution in [-0.2, 0) is 16.0 Å². The fourth-order valence-electron chi connectivity index (χ4n) is 1.24.